The molecule has 4 rings (SSSR count). The Kier molecular flexibility index (Phi) is 3.23. The summed E-state index contributed by atoms with van der Waals surface area (Å²) in [6.07, 6.45) is 8.34. The summed E-state index contributed by atoms with van der Waals surface area (Å²) in [6.45, 7) is 0. The van der Waals surface area contributed by atoms with Gasteiger partial charge < -0.3 is 8.83 Å². The van der Waals surface area contributed by atoms with Crippen molar-refractivity contribution in [2.24, 2.45) is 0 Å². The van der Waals surface area contributed by atoms with Crippen LogP contribution in [0.3, 0.4) is 0 Å². The van der Waals surface area contributed by atoms with Gasteiger partial charge in [-0.15, -0.1) is 0 Å². The summed E-state index contributed by atoms with van der Waals surface area (Å²) in [7, 11) is 0. The molecule has 1 aliphatic rings. The molecule has 1 atom stereocenters. The van der Waals surface area contributed by atoms with Crippen LogP contribution < -0.4 is 5.43 Å². The van der Waals surface area contributed by atoms with Crippen LogP contribution in [0.15, 0.2) is 80.5 Å². The first-order valence-corrected chi connectivity index (χ1v) is 7.35. The van der Waals surface area contributed by atoms with Crippen molar-refractivity contribution in [3.05, 3.63) is 82.9 Å². The van der Waals surface area contributed by atoms with E-state index in [1.54, 1.807) is 24.7 Å². The summed E-state index contributed by atoms with van der Waals surface area (Å²) in [5.41, 5.74) is 2.26. The van der Waals surface area contributed by atoms with Crippen molar-refractivity contribution in [3.8, 4) is 11.1 Å². The van der Waals surface area contributed by atoms with E-state index in [2.05, 4.69) is 0 Å². The largest absolute Gasteiger partial charge is 0.472 e. The molecule has 3 aromatic rings. The van der Waals surface area contributed by atoms with Gasteiger partial charge in [-0.2, -0.15) is 0 Å². The highest BCUT2D eigenvalue weighted by Gasteiger charge is 2.16. The number of allylic oxidation sites excluding steroid dienone is 4. The second-order valence-electron chi connectivity index (χ2n) is 5.53. The van der Waals surface area contributed by atoms with Gasteiger partial charge in [-0.25, -0.2) is 4.39 Å². The van der Waals surface area contributed by atoms with Gasteiger partial charge in [0.1, 0.15) is 17.2 Å². The van der Waals surface area contributed by atoms with Gasteiger partial charge in [-0.3, -0.25) is 4.79 Å². The molecule has 2 aromatic heterocycles. The van der Waals surface area contributed by atoms with Gasteiger partial charge in [0, 0.05) is 17.5 Å². The quantitative estimate of drug-likeness (QED) is 0.672. The summed E-state index contributed by atoms with van der Waals surface area (Å²) in [6, 6.07) is 8.78. The highest BCUT2D eigenvalue weighted by molar-refractivity contribution is 5.82. The second-order valence-corrected chi connectivity index (χ2v) is 5.53. The molecule has 23 heavy (non-hydrogen) atoms. The van der Waals surface area contributed by atoms with Crippen LogP contribution in [0, 0.1) is 0 Å². The van der Waals surface area contributed by atoms with Crippen LogP contribution in [0.5, 0.6) is 0 Å². The number of fused-ring (bicyclic) bond motifs is 1. The Bertz CT molecular complexity index is 978. The lowest BCUT2D eigenvalue weighted by Gasteiger charge is -2.13. The Balaban J connectivity index is 1.82. The zero-order valence-electron chi connectivity index (χ0n) is 12.2. The minimum Gasteiger partial charge on any atom is -0.472 e. The minimum atomic E-state index is -0.258. The Morgan fingerprint density at radius 2 is 2.04 bits per heavy atom. The van der Waals surface area contributed by atoms with E-state index in [0.717, 1.165) is 11.1 Å². The van der Waals surface area contributed by atoms with Crippen molar-refractivity contribution in [3.63, 3.8) is 0 Å². The Hall–Kier alpha value is -2.88. The Morgan fingerprint density at radius 1 is 1.13 bits per heavy atom. The molecule has 4 heteroatoms. The lowest BCUT2D eigenvalue weighted by atomic mass is 9.97. The average molecular weight is 308 g/mol. The summed E-state index contributed by atoms with van der Waals surface area (Å²) in [5, 5.41) is 0.530. The van der Waals surface area contributed by atoms with E-state index in [1.807, 2.05) is 18.2 Å². The van der Waals surface area contributed by atoms with Crippen LogP contribution in [0.4, 0.5) is 4.39 Å². The van der Waals surface area contributed by atoms with Gasteiger partial charge in [0.2, 0.25) is 0 Å². The SMILES string of the molecule is O=c1cc(C2C=CC(F)=CC2)oc2cc(-c3ccoc3)ccc12. The molecule has 0 amide bonds. The third-order valence-electron chi connectivity index (χ3n) is 4.02. The van der Waals surface area contributed by atoms with E-state index in [-0.39, 0.29) is 17.2 Å². The first kappa shape index (κ1) is 13.8. The van der Waals surface area contributed by atoms with Gasteiger partial charge in [0.15, 0.2) is 5.43 Å². The summed E-state index contributed by atoms with van der Waals surface area (Å²) in [4.78, 5) is 12.3. The van der Waals surface area contributed by atoms with Gasteiger partial charge in [0.05, 0.1) is 17.9 Å². The number of rotatable bonds is 2. The first-order chi connectivity index (χ1) is 11.2. The molecule has 0 N–H and O–H groups in total. The van der Waals surface area contributed by atoms with Crippen molar-refractivity contribution in [2.75, 3.05) is 0 Å². The van der Waals surface area contributed by atoms with Crippen LogP contribution in [0.2, 0.25) is 0 Å². The third kappa shape index (κ3) is 2.52. The summed E-state index contributed by atoms with van der Waals surface area (Å²) < 4.78 is 24.1. The predicted octanol–water partition coefficient (Wildman–Crippen LogP) is 4.95. The molecule has 0 bridgehead atoms. The monoisotopic (exact) mass is 308 g/mol. The highest BCUT2D eigenvalue weighted by Crippen LogP contribution is 2.30. The zero-order valence-corrected chi connectivity index (χ0v) is 12.2. The number of halogens is 1. The standard InChI is InChI=1S/C19H13FO3/c20-15-4-1-12(2-5-15)18-10-17(21)16-6-3-13(9-19(16)23-18)14-7-8-22-11-14/h1,3-12H,2H2. The van der Waals surface area contributed by atoms with Gasteiger partial charge in [-0.05, 0) is 42.3 Å². The number of benzene rings is 1. The third-order valence-corrected chi connectivity index (χ3v) is 4.02. The molecule has 0 fully saturated rings. The molecule has 1 unspecified atom stereocenters. The molecule has 0 saturated heterocycles. The van der Waals surface area contributed by atoms with Crippen molar-refractivity contribution >= 4 is 11.0 Å². The van der Waals surface area contributed by atoms with Crippen LogP contribution in [-0.2, 0) is 0 Å². The van der Waals surface area contributed by atoms with E-state index in [4.69, 9.17) is 8.83 Å². The van der Waals surface area contributed by atoms with E-state index >= 15 is 0 Å². The molecule has 0 spiro atoms. The highest BCUT2D eigenvalue weighted by atomic mass is 19.1. The maximum Gasteiger partial charge on any atom is 0.192 e. The second kappa shape index (κ2) is 5.39. The fraction of sp³-hybridized carbons (Fsp3) is 0.105. The Morgan fingerprint density at radius 3 is 2.78 bits per heavy atom. The van der Waals surface area contributed by atoms with Crippen molar-refractivity contribution in [2.45, 2.75) is 12.3 Å². The number of furan rings is 1. The van der Waals surface area contributed by atoms with Crippen molar-refractivity contribution < 1.29 is 13.2 Å². The maximum absolute atomic E-state index is 13.1. The summed E-state index contributed by atoms with van der Waals surface area (Å²) >= 11 is 0. The first-order valence-electron chi connectivity index (χ1n) is 7.35. The fourth-order valence-corrected chi connectivity index (χ4v) is 2.77. The minimum absolute atomic E-state index is 0.0941. The van der Waals surface area contributed by atoms with Gasteiger partial charge in [0.25, 0.3) is 0 Å². The Labute approximate surface area is 131 Å². The normalized spacial score (nSPS) is 17.4. The fourth-order valence-electron chi connectivity index (χ4n) is 2.77. The summed E-state index contributed by atoms with van der Waals surface area (Å²) in [5.74, 6) is 0.169. The van der Waals surface area contributed by atoms with Gasteiger partial charge in [-0.1, -0.05) is 12.1 Å². The molecule has 0 saturated carbocycles. The van der Waals surface area contributed by atoms with Gasteiger partial charge >= 0.3 is 0 Å². The topological polar surface area (TPSA) is 43.4 Å². The van der Waals surface area contributed by atoms with E-state index < -0.39 is 0 Å². The smallest absolute Gasteiger partial charge is 0.192 e. The zero-order chi connectivity index (χ0) is 15.8. The van der Waals surface area contributed by atoms with Crippen LogP contribution in [0.25, 0.3) is 22.1 Å². The molecular weight excluding hydrogens is 295 g/mol. The van der Waals surface area contributed by atoms with Crippen LogP contribution in [-0.4, -0.2) is 0 Å². The lowest BCUT2D eigenvalue weighted by molar-refractivity contribution is 0.508. The van der Waals surface area contributed by atoms with E-state index in [9.17, 15) is 9.18 Å². The molecule has 3 nitrogen and oxygen atoms in total. The maximum atomic E-state index is 13.1. The number of hydrogen-bond donors (Lipinski definition) is 0. The predicted molar refractivity (Wildman–Crippen MR) is 85.9 cm³/mol. The molecule has 0 radical (unpaired) electrons. The van der Waals surface area contributed by atoms with E-state index in [1.165, 1.54) is 18.2 Å². The molecular formula is C19H13FO3. The molecule has 1 aromatic carbocycles. The number of hydrogen-bond acceptors (Lipinski definition) is 3. The van der Waals surface area contributed by atoms with Crippen LogP contribution in [0.1, 0.15) is 18.1 Å². The lowest BCUT2D eigenvalue weighted by Crippen LogP contribution is -2.06. The van der Waals surface area contributed by atoms with Crippen LogP contribution >= 0.6 is 0 Å². The molecule has 2 heterocycles. The van der Waals surface area contributed by atoms with Crippen molar-refractivity contribution in [1.29, 1.82) is 0 Å². The van der Waals surface area contributed by atoms with E-state index in [0.29, 0.717) is 23.2 Å². The molecule has 114 valence electrons. The molecule has 0 aliphatic heterocycles. The average Bonchev–Trinajstić information content (AvgIpc) is 3.09. The molecule has 1 aliphatic carbocycles. The van der Waals surface area contributed by atoms with Crippen molar-refractivity contribution in [1.82, 2.24) is 0 Å².